The number of hydrogen-bond acceptors (Lipinski definition) is 3. The zero-order valence-corrected chi connectivity index (χ0v) is 16.6. The van der Waals surface area contributed by atoms with Gasteiger partial charge >= 0.3 is 0 Å². The van der Waals surface area contributed by atoms with Gasteiger partial charge in [0.15, 0.2) is 0 Å². The summed E-state index contributed by atoms with van der Waals surface area (Å²) in [5.41, 5.74) is 3.92. The van der Waals surface area contributed by atoms with E-state index in [-0.39, 0.29) is 11.9 Å². The summed E-state index contributed by atoms with van der Waals surface area (Å²) < 4.78 is 0. The van der Waals surface area contributed by atoms with Crippen molar-refractivity contribution in [3.63, 3.8) is 0 Å². The minimum atomic E-state index is 0.0972. The van der Waals surface area contributed by atoms with Gasteiger partial charge in [-0.1, -0.05) is 37.3 Å². The summed E-state index contributed by atoms with van der Waals surface area (Å²) in [5, 5.41) is 4.27. The fourth-order valence-electron chi connectivity index (χ4n) is 3.68. The molecule has 0 unspecified atom stereocenters. The number of fused-ring (bicyclic) bond motifs is 1. The van der Waals surface area contributed by atoms with E-state index in [1.807, 2.05) is 11.3 Å². The third kappa shape index (κ3) is 3.49. The van der Waals surface area contributed by atoms with E-state index >= 15 is 0 Å². The quantitative estimate of drug-likeness (QED) is 0.573. The van der Waals surface area contributed by atoms with Crippen LogP contribution in [0.5, 0.6) is 0 Å². The Bertz CT molecular complexity index is 864. The SMILES string of the molecule is CCc1ccc(CCC(=O)N2CCc3sccc3[C@H]2c2cccs2)cc1. The Kier molecular flexibility index (Phi) is 5.23. The van der Waals surface area contributed by atoms with Crippen molar-refractivity contribution in [1.82, 2.24) is 4.90 Å². The van der Waals surface area contributed by atoms with Gasteiger partial charge in [0.25, 0.3) is 0 Å². The van der Waals surface area contributed by atoms with Crippen molar-refractivity contribution in [2.45, 2.75) is 38.6 Å². The lowest BCUT2D eigenvalue weighted by Crippen LogP contribution is -2.39. The molecule has 2 nitrogen and oxygen atoms in total. The molecular weight excluding hydrogens is 358 g/mol. The van der Waals surface area contributed by atoms with E-state index in [2.05, 4.69) is 65.0 Å². The highest BCUT2D eigenvalue weighted by atomic mass is 32.1. The second kappa shape index (κ2) is 7.77. The van der Waals surface area contributed by atoms with Crippen molar-refractivity contribution in [3.05, 3.63) is 79.7 Å². The number of thiophene rings is 2. The summed E-state index contributed by atoms with van der Waals surface area (Å²) in [5.74, 6) is 0.264. The van der Waals surface area contributed by atoms with Crippen LogP contribution in [-0.2, 0) is 24.1 Å². The van der Waals surface area contributed by atoms with Gasteiger partial charge in [-0.05, 0) is 58.8 Å². The van der Waals surface area contributed by atoms with E-state index in [4.69, 9.17) is 0 Å². The molecule has 1 aliphatic heterocycles. The molecule has 0 saturated carbocycles. The van der Waals surface area contributed by atoms with Crippen molar-refractivity contribution in [2.24, 2.45) is 0 Å². The molecule has 1 aromatic carbocycles. The number of carbonyl (C=O) groups excluding carboxylic acids is 1. The van der Waals surface area contributed by atoms with Gasteiger partial charge in [0.2, 0.25) is 5.91 Å². The topological polar surface area (TPSA) is 20.3 Å². The van der Waals surface area contributed by atoms with E-state index in [1.54, 1.807) is 11.3 Å². The summed E-state index contributed by atoms with van der Waals surface area (Å²) in [6, 6.07) is 15.2. The van der Waals surface area contributed by atoms with Crippen LogP contribution in [0.15, 0.2) is 53.2 Å². The number of carbonyl (C=O) groups is 1. The Hall–Kier alpha value is -1.91. The zero-order valence-electron chi connectivity index (χ0n) is 15.0. The van der Waals surface area contributed by atoms with E-state index in [1.165, 1.54) is 26.4 Å². The van der Waals surface area contributed by atoms with Crippen LogP contribution in [0, 0.1) is 0 Å². The smallest absolute Gasteiger partial charge is 0.223 e. The first-order chi connectivity index (χ1) is 12.8. The van der Waals surface area contributed by atoms with Gasteiger partial charge in [0, 0.05) is 22.7 Å². The highest BCUT2D eigenvalue weighted by Gasteiger charge is 2.32. The van der Waals surface area contributed by atoms with Crippen LogP contribution in [-0.4, -0.2) is 17.4 Å². The minimum absolute atomic E-state index is 0.0972. The summed E-state index contributed by atoms with van der Waals surface area (Å²) in [4.78, 5) is 17.9. The standard InChI is InChI=1S/C22H23NOS2/c1-2-16-5-7-17(8-6-16)9-10-21(24)23-13-11-19-18(12-15-26-19)22(23)20-4-3-14-25-20/h3-8,12,14-15,22H,2,9-11,13H2,1H3/t22-/m0/s1. The molecule has 0 radical (unpaired) electrons. The predicted octanol–water partition coefficient (Wildman–Crippen LogP) is 5.48. The summed E-state index contributed by atoms with van der Waals surface area (Å²) >= 11 is 3.57. The maximum Gasteiger partial charge on any atom is 0.223 e. The molecule has 0 N–H and O–H groups in total. The average Bonchev–Trinajstić information content (AvgIpc) is 3.37. The molecule has 1 atom stereocenters. The molecule has 0 saturated heterocycles. The normalized spacial score (nSPS) is 16.5. The Morgan fingerprint density at radius 2 is 1.88 bits per heavy atom. The molecule has 0 bridgehead atoms. The van der Waals surface area contributed by atoms with Crippen LogP contribution in [0.4, 0.5) is 0 Å². The average molecular weight is 382 g/mol. The van der Waals surface area contributed by atoms with Gasteiger partial charge in [0.05, 0.1) is 6.04 Å². The molecule has 4 heteroatoms. The minimum Gasteiger partial charge on any atom is -0.330 e. The summed E-state index contributed by atoms with van der Waals surface area (Å²) in [6.45, 7) is 2.99. The molecule has 2 aromatic heterocycles. The van der Waals surface area contributed by atoms with Crippen molar-refractivity contribution in [2.75, 3.05) is 6.54 Å². The molecular formula is C22H23NOS2. The van der Waals surface area contributed by atoms with Crippen LogP contribution in [0.1, 0.15) is 45.8 Å². The van der Waals surface area contributed by atoms with Crippen LogP contribution in [0.3, 0.4) is 0 Å². The van der Waals surface area contributed by atoms with Crippen LogP contribution < -0.4 is 0 Å². The molecule has 3 heterocycles. The van der Waals surface area contributed by atoms with Crippen molar-refractivity contribution >= 4 is 28.6 Å². The maximum absolute atomic E-state index is 13.1. The fourth-order valence-corrected chi connectivity index (χ4v) is 5.43. The van der Waals surface area contributed by atoms with E-state index < -0.39 is 0 Å². The molecule has 0 aliphatic carbocycles. The number of nitrogens with zero attached hydrogens (tertiary/aromatic N) is 1. The van der Waals surface area contributed by atoms with E-state index in [0.717, 1.165) is 25.8 Å². The Morgan fingerprint density at radius 3 is 2.62 bits per heavy atom. The first-order valence-corrected chi connectivity index (χ1v) is 11.0. The third-order valence-electron chi connectivity index (χ3n) is 5.16. The summed E-state index contributed by atoms with van der Waals surface area (Å²) in [7, 11) is 0. The highest BCUT2D eigenvalue weighted by Crippen LogP contribution is 2.39. The monoisotopic (exact) mass is 381 g/mol. The Morgan fingerprint density at radius 1 is 1.08 bits per heavy atom. The molecule has 3 aromatic rings. The van der Waals surface area contributed by atoms with Crippen molar-refractivity contribution < 1.29 is 4.79 Å². The molecule has 0 spiro atoms. The van der Waals surface area contributed by atoms with Crippen LogP contribution in [0.25, 0.3) is 0 Å². The first-order valence-electron chi connectivity index (χ1n) is 9.23. The third-order valence-corrected chi connectivity index (χ3v) is 7.08. The largest absolute Gasteiger partial charge is 0.330 e. The van der Waals surface area contributed by atoms with Gasteiger partial charge < -0.3 is 4.90 Å². The summed E-state index contributed by atoms with van der Waals surface area (Å²) in [6.07, 6.45) is 3.42. The van der Waals surface area contributed by atoms with E-state index in [9.17, 15) is 4.79 Å². The predicted molar refractivity (Wildman–Crippen MR) is 110 cm³/mol. The number of rotatable bonds is 5. The number of aryl methyl sites for hydroxylation is 2. The van der Waals surface area contributed by atoms with E-state index in [0.29, 0.717) is 6.42 Å². The number of amides is 1. The molecule has 0 fully saturated rings. The highest BCUT2D eigenvalue weighted by molar-refractivity contribution is 7.10. The Labute approximate surface area is 163 Å². The maximum atomic E-state index is 13.1. The lowest BCUT2D eigenvalue weighted by Gasteiger charge is -2.35. The van der Waals surface area contributed by atoms with Crippen molar-refractivity contribution in [3.8, 4) is 0 Å². The lowest BCUT2D eigenvalue weighted by atomic mass is 9.97. The second-order valence-electron chi connectivity index (χ2n) is 6.72. The van der Waals surface area contributed by atoms with Gasteiger partial charge in [0.1, 0.15) is 0 Å². The zero-order chi connectivity index (χ0) is 17.9. The van der Waals surface area contributed by atoms with Gasteiger partial charge in [-0.15, -0.1) is 22.7 Å². The molecule has 1 amide bonds. The van der Waals surface area contributed by atoms with Gasteiger partial charge in [-0.3, -0.25) is 4.79 Å². The Balaban J connectivity index is 1.50. The van der Waals surface area contributed by atoms with Crippen molar-refractivity contribution in [1.29, 1.82) is 0 Å². The van der Waals surface area contributed by atoms with Crippen LogP contribution >= 0.6 is 22.7 Å². The van der Waals surface area contributed by atoms with Gasteiger partial charge in [-0.25, -0.2) is 0 Å². The molecule has 134 valence electrons. The second-order valence-corrected chi connectivity index (χ2v) is 8.70. The lowest BCUT2D eigenvalue weighted by molar-refractivity contribution is -0.133. The fraction of sp³-hybridized carbons (Fsp3) is 0.318. The number of benzene rings is 1. The molecule has 4 rings (SSSR count). The molecule has 26 heavy (non-hydrogen) atoms. The first kappa shape index (κ1) is 17.5. The van der Waals surface area contributed by atoms with Crippen LogP contribution in [0.2, 0.25) is 0 Å². The molecule has 1 aliphatic rings. The van der Waals surface area contributed by atoms with Gasteiger partial charge in [-0.2, -0.15) is 0 Å². The number of hydrogen-bond donors (Lipinski definition) is 0.